The van der Waals surface area contributed by atoms with Crippen LogP contribution in [0.4, 0.5) is 0 Å². The lowest BCUT2D eigenvalue weighted by molar-refractivity contribution is -0.121. The lowest BCUT2D eigenvalue weighted by Gasteiger charge is -2.15. The zero-order valence-corrected chi connectivity index (χ0v) is 13.0. The molecule has 1 heterocycles. The summed E-state index contributed by atoms with van der Waals surface area (Å²) in [5, 5.41) is 3.00. The Morgan fingerprint density at radius 3 is 2.95 bits per heavy atom. The number of carbonyl (C=O) groups excluding carboxylic acids is 1. The molecule has 1 aromatic heterocycles. The van der Waals surface area contributed by atoms with Gasteiger partial charge in [-0.15, -0.1) is 0 Å². The molecule has 4 nitrogen and oxygen atoms in total. The largest absolute Gasteiger partial charge is 0.474 e. The molecule has 0 saturated heterocycles. The van der Waals surface area contributed by atoms with Crippen molar-refractivity contribution in [1.29, 1.82) is 0 Å². The van der Waals surface area contributed by atoms with E-state index >= 15 is 0 Å². The van der Waals surface area contributed by atoms with Gasteiger partial charge in [-0.25, -0.2) is 4.98 Å². The number of allylic oxidation sites excluding steroid dienone is 2. The first kappa shape index (κ1) is 15.1. The van der Waals surface area contributed by atoms with E-state index in [9.17, 15) is 4.79 Å². The van der Waals surface area contributed by atoms with Gasteiger partial charge in [0.15, 0.2) is 0 Å². The summed E-state index contributed by atoms with van der Waals surface area (Å²) >= 11 is 0. The minimum atomic E-state index is 0.104. The van der Waals surface area contributed by atoms with Crippen molar-refractivity contribution < 1.29 is 9.53 Å². The summed E-state index contributed by atoms with van der Waals surface area (Å²) < 4.78 is 6.00. The summed E-state index contributed by atoms with van der Waals surface area (Å²) in [6.07, 6.45) is 13.8. The van der Waals surface area contributed by atoms with Crippen LogP contribution in [0.25, 0.3) is 0 Å². The second kappa shape index (κ2) is 7.43. The van der Waals surface area contributed by atoms with Crippen LogP contribution >= 0.6 is 0 Å². The van der Waals surface area contributed by atoms with E-state index in [0.29, 0.717) is 24.8 Å². The van der Waals surface area contributed by atoms with Crippen LogP contribution in [0.15, 0.2) is 30.5 Å². The molecule has 3 rings (SSSR count). The van der Waals surface area contributed by atoms with Gasteiger partial charge in [0.25, 0.3) is 0 Å². The van der Waals surface area contributed by atoms with Gasteiger partial charge >= 0.3 is 0 Å². The molecule has 0 aliphatic heterocycles. The van der Waals surface area contributed by atoms with Gasteiger partial charge in [0.2, 0.25) is 11.8 Å². The first-order chi connectivity index (χ1) is 10.8. The van der Waals surface area contributed by atoms with Gasteiger partial charge in [0, 0.05) is 24.7 Å². The maximum Gasteiger partial charge on any atom is 0.220 e. The number of rotatable bonds is 6. The highest BCUT2D eigenvalue weighted by atomic mass is 16.5. The van der Waals surface area contributed by atoms with Crippen LogP contribution in [0.5, 0.6) is 5.88 Å². The zero-order chi connectivity index (χ0) is 15.2. The number of aromatic nitrogens is 1. The van der Waals surface area contributed by atoms with Crippen molar-refractivity contribution >= 4 is 5.91 Å². The van der Waals surface area contributed by atoms with E-state index in [2.05, 4.69) is 22.5 Å². The van der Waals surface area contributed by atoms with Gasteiger partial charge in [-0.1, -0.05) is 18.2 Å². The summed E-state index contributed by atoms with van der Waals surface area (Å²) in [6, 6.07) is 3.87. The quantitative estimate of drug-likeness (QED) is 0.819. The number of nitrogens with zero attached hydrogens (tertiary/aromatic N) is 1. The second-order valence-corrected chi connectivity index (χ2v) is 6.24. The number of carbonyl (C=O) groups is 1. The molecule has 1 N–H and O–H groups in total. The molecule has 1 atom stereocenters. The molecule has 1 amide bonds. The van der Waals surface area contributed by atoms with E-state index in [0.717, 1.165) is 31.2 Å². The van der Waals surface area contributed by atoms with Crippen LogP contribution < -0.4 is 10.1 Å². The Morgan fingerprint density at radius 1 is 1.32 bits per heavy atom. The third-order valence-electron chi connectivity index (χ3n) is 4.47. The van der Waals surface area contributed by atoms with Crippen molar-refractivity contribution in [3.05, 3.63) is 36.0 Å². The molecule has 1 saturated carbocycles. The normalized spacial score (nSPS) is 21.2. The van der Waals surface area contributed by atoms with Crippen LogP contribution in [-0.2, 0) is 11.3 Å². The Hall–Kier alpha value is -1.84. The number of hydrogen-bond donors (Lipinski definition) is 1. The van der Waals surface area contributed by atoms with Crippen LogP contribution in [0.1, 0.15) is 50.5 Å². The fourth-order valence-electron chi connectivity index (χ4n) is 3.20. The first-order valence-corrected chi connectivity index (χ1v) is 8.35. The smallest absolute Gasteiger partial charge is 0.220 e. The van der Waals surface area contributed by atoms with E-state index < -0.39 is 0 Å². The molecule has 0 spiro atoms. The monoisotopic (exact) mass is 300 g/mol. The Morgan fingerprint density at radius 2 is 2.18 bits per heavy atom. The average molecular weight is 300 g/mol. The minimum Gasteiger partial charge on any atom is -0.474 e. The molecule has 0 bridgehead atoms. The Kier molecular flexibility index (Phi) is 5.09. The fourth-order valence-corrected chi connectivity index (χ4v) is 3.20. The van der Waals surface area contributed by atoms with Crippen LogP contribution in [0.3, 0.4) is 0 Å². The lowest BCUT2D eigenvalue weighted by Crippen LogP contribution is -2.25. The topological polar surface area (TPSA) is 51.2 Å². The summed E-state index contributed by atoms with van der Waals surface area (Å²) in [5.41, 5.74) is 0.963. The predicted molar refractivity (Wildman–Crippen MR) is 85.4 cm³/mol. The van der Waals surface area contributed by atoms with Gasteiger partial charge in [-0.05, 0) is 50.5 Å². The van der Waals surface area contributed by atoms with Crippen molar-refractivity contribution in [2.24, 2.45) is 5.92 Å². The van der Waals surface area contributed by atoms with Crippen LogP contribution in [0.2, 0.25) is 0 Å². The van der Waals surface area contributed by atoms with Crippen molar-refractivity contribution in [2.45, 2.75) is 57.6 Å². The average Bonchev–Trinajstić information content (AvgIpc) is 3.20. The van der Waals surface area contributed by atoms with Crippen LogP contribution in [0, 0.1) is 5.92 Å². The molecule has 118 valence electrons. The van der Waals surface area contributed by atoms with E-state index in [1.807, 2.05) is 12.1 Å². The van der Waals surface area contributed by atoms with Crippen molar-refractivity contribution in [3.63, 3.8) is 0 Å². The van der Waals surface area contributed by atoms with E-state index in [4.69, 9.17) is 4.74 Å². The third kappa shape index (κ3) is 4.09. The van der Waals surface area contributed by atoms with Crippen LogP contribution in [-0.4, -0.2) is 17.0 Å². The Bertz CT molecular complexity index is 536. The maximum atomic E-state index is 12.0. The number of ether oxygens (including phenoxy) is 1. The molecule has 1 fully saturated rings. The Labute approximate surface area is 132 Å². The molecule has 0 radical (unpaired) electrons. The van der Waals surface area contributed by atoms with E-state index in [1.54, 1.807) is 6.20 Å². The summed E-state index contributed by atoms with van der Waals surface area (Å²) in [4.78, 5) is 16.4. The number of hydrogen-bond acceptors (Lipinski definition) is 3. The van der Waals surface area contributed by atoms with Crippen molar-refractivity contribution in [1.82, 2.24) is 10.3 Å². The predicted octanol–water partition coefficient (Wildman–Crippen LogP) is 3.38. The number of nitrogens with one attached hydrogen (secondary N) is 1. The molecule has 2 aliphatic rings. The van der Waals surface area contributed by atoms with Gasteiger partial charge in [-0.3, -0.25) is 4.79 Å². The van der Waals surface area contributed by atoms with Crippen molar-refractivity contribution in [2.75, 3.05) is 0 Å². The van der Waals surface area contributed by atoms with Gasteiger partial charge in [0.1, 0.15) is 6.10 Å². The second-order valence-electron chi connectivity index (χ2n) is 6.24. The van der Waals surface area contributed by atoms with Gasteiger partial charge < -0.3 is 10.1 Å². The molecule has 2 aliphatic carbocycles. The molecule has 22 heavy (non-hydrogen) atoms. The highest BCUT2D eigenvalue weighted by Gasteiger charge is 2.19. The zero-order valence-electron chi connectivity index (χ0n) is 13.0. The SMILES string of the molecule is O=C(C[C@@H]1C=CCC1)NCc1cccnc1OC1CCCC1. The summed E-state index contributed by atoms with van der Waals surface area (Å²) in [7, 11) is 0. The van der Waals surface area contributed by atoms with Crippen molar-refractivity contribution in [3.8, 4) is 5.88 Å². The molecular weight excluding hydrogens is 276 g/mol. The highest BCUT2D eigenvalue weighted by molar-refractivity contribution is 5.76. The highest BCUT2D eigenvalue weighted by Crippen LogP contribution is 2.25. The number of amides is 1. The summed E-state index contributed by atoms with van der Waals surface area (Å²) in [5.74, 6) is 1.19. The maximum absolute atomic E-state index is 12.0. The van der Waals surface area contributed by atoms with E-state index in [1.165, 1.54) is 12.8 Å². The molecular formula is C18H24N2O2. The van der Waals surface area contributed by atoms with Gasteiger partial charge in [-0.2, -0.15) is 0 Å². The lowest BCUT2D eigenvalue weighted by atomic mass is 10.1. The molecule has 0 unspecified atom stereocenters. The summed E-state index contributed by atoms with van der Waals surface area (Å²) in [6.45, 7) is 0.491. The van der Waals surface area contributed by atoms with E-state index in [-0.39, 0.29) is 12.0 Å². The molecule has 0 aromatic carbocycles. The Balaban J connectivity index is 1.52. The molecule has 1 aromatic rings. The minimum absolute atomic E-state index is 0.104. The fraction of sp³-hybridized carbons (Fsp3) is 0.556. The number of pyridine rings is 1. The third-order valence-corrected chi connectivity index (χ3v) is 4.47. The molecule has 4 heteroatoms. The first-order valence-electron chi connectivity index (χ1n) is 8.35. The standard InChI is InChI=1S/C18H24N2O2/c21-17(12-14-6-1-2-7-14)20-13-15-8-5-11-19-18(15)22-16-9-3-4-10-16/h1,5-6,8,11,14,16H,2-4,7,9-10,12-13H2,(H,20,21)/t14-/m1/s1. The van der Waals surface area contributed by atoms with Gasteiger partial charge in [0.05, 0.1) is 0 Å².